The highest BCUT2D eigenvalue weighted by Crippen LogP contribution is 2.06. The van der Waals surface area contributed by atoms with Crippen LogP contribution in [-0.4, -0.2) is 42.1 Å². The molecule has 2 N–H and O–H groups in total. The highest BCUT2D eigenvalue weighted by molar-refractivity contribution is 5.38. The van der Waals surface area contributed by atoms with Crippen LogP contribution in [0.3, 0.4) is 0 Å². The third kappa shape index (κ3) is 6.35. The standard InChI is InChI=1S/C13H24N4O2/c1-13(2,3)19-8-7-17-12(18)9-11(10-16-17)15-6-5-14-4/h9-10,14-15H,5-8H2,1-4H3. The van der Waals surface area contributed by atoms with Crippen LogP contribution in [0.5, 0.6) is 0 Å². The molecular weight excluding hydrogens is 244 g/mol. The maximum atomic E-state index is 11.8. The minimum atomic E-state index is -0.196. The molecule has 0 aromatic carbocycles. The summed E-state index contributed by atoms with van der Waals surface area (Å²) >= 11 is 0. The van der Waals surface area contributed by atoms with Crippen LogP contribution in [0.25, 0.3) is 0 Å². The van der Waals surface area contributed by atoms with Gasteiger partial charge in [-0.25, -0.2) is 4.68 Å². The molecule has 0 fully saturated rings. The molecule has 0 saturated carbocycles. The Labute approximate surface area is 114 Å². The molecule has 0 radical (unpaired) electrons. The average molecular weight is 268 g/mol. The zero-order valence-electron chi connectivity index (χ0n) is 12.2. The van der Waals surface area contributed by atoms with E-state index in [1.54, 1.807) is 12.3 Å². The molecule has 6 heteroatoms. The van der Waals surface area contributed by atoms with E-state index in [1.165, 1.54) is 4.68 Å². The van der Waals surface area contributed by atoms with Gasteiger partial charge in [-0.1, -0.05) is 0 Å². The van der Waals surface area contributed by atoms with Crippen molar-refractivity contribution in [2.24, 2.45) is 0 Å². The Hall–Kier alpha value is -1.40. The lowest BCUT2D eigenvalue weighted by molar-refractivity contribution is -0.00835. The van der Waals surface area contributed by atoms with Gasteiger partial charge in [-0.3, -0.25) is 4.79 Å². The van der Waals surface area contributed by atoms with Crippen LogP contribution in [0.15, 0.2) is 17.1 Å². The van der Waals surface area contributed by atoms with Crippen molar-refractivity contribution in [2.75, 3.05) is 32.1 Å². The van der Waals surface area contributed by atoms with Crippen molar-refractivity contribution in [3.05, 3.63) is 22.6 Å². The van der Waals surface area contributed by atoms with Crippen LogP contribution in [0.4, 0.5) is 5.69 Å². The Morgan fingerprint density at radius 2 is 2.11 bits per heavy atom. The second kappa shape index (κ2) is 7.25. The molecule has 6 nitrogen and oxygen atoms in total. The fourth-order valence-corrected chi connectivity index (χ4v) is 1.47. The predicted molar refractivity (Wildman–Crippen MR) is 76.6 cm³/mol. The van der Waals surface area contributed by atoms with Gasteiger partial charge in [-0.15, -0.1) is 0 Å². The SMILES string of the molecule is CNCCNc1cnn(CCOC(C)(C)C)c(=O)c1. The molecule has 0 aliphatic rings. The van der Waals surface area contributed by atoms with Crippen molar-refractivity contribution in [1.29, 1.82) is 0 Å². The van der Waals surface area contributed by atoms with Crippen molar-refractivity contribution in [1.82, 2.24) is 15.1 Å². The number of anilines is 1. The number of aromatic nitrogens is 2. The lowest BCUT2D eigenvalue weighted by atomic mass is 10.2. The summed E-state index contributed by atoms with van der Waals surface area (Å²) in [4.78, 5) is 11.8. The van der Waals surface area contributed by atoms with Crippen LogP contribution < -0.4 is 16.2 Å². The van der Waals surface area contributed by atoms with E-state index < -0.39 is 0 Å². The lowest BCUT2D eigenvalue weighted by Crippen LogP contribution is -2.28. The highest BCUT2D eigenvalue weighted by atomic mass is 16.5. The summed E-state index contributed by atoms with van der Waals surface area (Å²) in [6, 6.07) is 1.56. The first-order valence-corrected chi connectivity index (χ1v) is 6.52. The molecule has 108 valence electrons. The third-order valence-electron chi connectivity index (χ3n) is 2.41. The van der Waals surface area contributed by atoms with Crippen LogP contribution in [-0.2, 0) is 11.3 Å². The molecule has 1 aromatic heterocycles. The first-order chi connectivity index (χ1) is 8.92. The third-order valence-corrected chi connectivity index (χ3v) is 2.41. The topological polar surface area (TPSA) is 68.2 Å². The summed E-state index contributed by atoms with van der Waals surface area (Å²) < 4.78 is 6.99. The number of nitrogens with one attached hydrogen (secondary N) is 2. The minimum Gasteiger partial charge on any atom is -0.382 e. The molecular formula is C13H24N4O2. The summed E-state index contributed by atoms with van der Waals surface area (Å²) in [5.74, 6) is 0. The van der Waals surface area contributed by atoms with Crippen molar-refractivity contribution >= 4 is 5.69 Å². The summed E-state index contributed by atoms with van der Waals surface area (Å²) in [6.45, 7) is 8.49. The summed E-state index contributed by atoms with van der Waals surface area (Å²) in [6.07, 6.45) is 1.66. The van der Waals surface area contributed by atoms with Crippen LogP contribution >= 0.6 is 0 Å². The van der Waals surface area contributed by atoms with Gasteiger partial charge in [-0.2, -0.15) is 5.10 Å². The zero-order chi connectivity index (χ0) is 14.3. The number of hydrogen-bond donors (Lipinski definition) is 2. The second-order valence-electron chi connectivity index (χ2n) is 5.30. The Balaban J connectivity index is 2.50. The van der Waals surface area contributed by atoms with Crippen molar-refractivity contribution in [3.63, 3.8) is 0 Å². The maximum absolute atomic E-state index is 11.8. The Bertz CT molecular complexity index is 437. The minimum absolute atomic E-state index is 0.119. The molecule has 0 aliphatic carbocycles. The van der Waals surface area contributed by atoms with Gasteiger partial charge in [0.15, 0.2) is 0 Å². The van der Waals surface area contributed by atoms with Crippen molar-refractivity contribution in [3.8, 4) is 0 Å². The Morgan fingerprint density at radius 1 is 1.37 bits per heavy atom. The highest BCUT2D eigenvalue weighted by Gasteiger charge is 2.09. The number of rotatable bonds is 7. The lowest BCUT2D eigenvalue weighted by Gasteiger charge is -2.19. The van der Waals surface area contributed by atoms with E-state index in [-0.39, 0.29) is 11.2 Å². The summed E-state index contributed by atoms with van der Waals surface area (Å²) in [5, 5.41) is 10.3. The second-order valence-corrected chi connectivity index (χ2v) is 5.30. The van der Waals surface area contributed by atoms with E-state index in [9.17, 15) is 4.79 Å². The summed E-state index contributed by atoms with van der Waals surface area (Å²) in [5.41, 5.74) is 0.429. The van der Waals surface area contributed by atoms with Gasteiger partial charge in [0.25, 0.3) is 5.56 Å². The van der Waals surface area contributed by atoms with Gasteiger partial charge in [0, 0.05) is 19.2 Å². The van der Waals surface area contributed by atoms with Gasteiger partial charge in [0.05, 0.1) is 30.6 Å². The molecule has 19 heavy (non-hydrogen) atoms. The van der Waals surface area contributed by atoms with Crippen LogP contribution in [0.2, 0.25) is 0 Å². The van der Waals surface area contributed by atoms with E-state index in [0.29, 0.717) is 13.2 Å². The van der Waals surface area contributed by atoms with E-state index in [4.69, 9.17) is 4.74 Å². The van der Waals surface area contributed by atoms with Gasteiger partial charge in [0.1, 0.15) is 0 Å². The molecule has 0 bridgehead atoms. The van der Waals surface area contributed by atoms with Gasteiger partial charge in [0.2, 0.25) is 0 Å². The molecule has 1 rings (SSSR count). The van der Waals surface area contributed by atoms with E-state index in [2.05, 4.69) is 15.7 Å². The van der Waals surface area contributed by atoms with Gasteiger partial charge < -0.3 is 15.4 Å². The first kappa shape index (κ1) is 15.7. The number of nitrogens with zero attached hydrogens (tertiary/aromatic N) is 2. The Morgan fingerprint density at radius 3 is 2.68 bits per heavy atom. The zero-order valence-corrected chi connectivity index (χ0v) is 12.2. The Kier molecular flexibility index (Phi) is 5.98. The van der Waals surface area contributed by atoms with Crippen molar-refractivity contribution < 1.29 is 4.74 Å². The number of ether oxygens (including phenoxy) is 1. The van der Waals surface area contributed by atoms with E-state index in [1.807, 2.05) is 27.8 Å². The molecule has 1 aromatic rings. The first-order valence-electron chi connectivity index (χ1n) is 6.52. The molecule has 0 saturated heterocycles. The average Bonchev–Trinajstić information content (AvgIpc) is 2.31. The van der Waals surface area contributed by atoms with Crippen molar-refractivity contribution in [2.45, 2.75) is 32.9 Å². The maximum Gasteiger partial charge on any atom is 0.268 e. The van der Waals surface area contributed by atoms with Crippen LogP contribution in [0.1, 0.15) is 20.8 Å². The number of likely N-dealkylation sites (N-methyl/N-ethyl adjacent to an activating group) is 1. The van der Waals surface area contributed by atoms with E-state index >= 15 is 0 Å². The molecule has 0 aliphatic heterocycles. The normalized spacial score (nSPS) is 11.6. The quantitative estimate of drug-likeness (QED) is 0.712. The molecule has 0 unspecified atom stereocenters. The summed E-state index contributed by atoms with van der Waals surface area (Å²) in [7, 11) is 1.88. The van der Waals surface area contributed by atoms with Crippen LogP contribution in [0, 0.1) is 0 Å². The molecule has 1 heterocycles. The van der Waals surface area contributed by atoms with Gasteiger partial charge >= 0.3 is 0 Å². The fraction of sp³-hybridized carbons (Fsp3) is 0.692. The van der Waals surface area contributed by atoms with E-state index in [0.717, 1.165) is 18.8 Å². The predicted octanol–water partition coefficient (Wildman–Crippen LogP) is 0.690. The largest absolute Gasteiger partial charge is 0.382 e. The molecule has 0 spiro atoms. The fourth-order valence-electron chi connectivity index (χ4n) is 1.47. The van der Waals surface area contributed by atoms with Gasteiger partial charge in [-0.05, 0) is 27.8 Å². The molecule has 0 amide bonds. The smallest absolute Gasteiger partial charge is 0.268 e. The number of hydrogen-bond acceptors (Lipinski definition) is 5. The monoisotopic (exact) mass is 268 g/mol. The molecule has 0 atom stereocenters.